The Hall–Kier alpha value is -3.63. The van der Waals surface area contributed by atoms with E-state index in [9.17, 15) is 18.0 Å². The Morgan fingerprint density at radius 3 is 2.23 bits per heavy atom. The summed E-state index contributed by atoms with van der Waals surface area (Å²) in [5.41, 5.74) is 1.10. The van der Waals surface area contributed by atoms with Crippen LogP contribution in [-0.4, -0.2) is 53.6 Å². The zero-order valence-corrected chi connectivity index (χ0v) is 22.6. The van der Waals surface area contributed by atoms with Crippen molar-refractivity contribution in [1.82, 2.24) is 19.6 Å². The zero-order chi connectivity index (χ0) is 27.2. The first-order valence-corrected chi connectivity index (χ1v) is 14.9. The van der Waals surface area contributed by atoms with Crippen molar-refractivity contribution in [3.05, 3.63) is 84.4 Å². The van der Waals surface area contributed by atoms with E-state index in [4.69, 9.17) is 0 Å². The van der Waals surface area contributed by atoms with Gasteiger partial charge in [-0.05, 0) is 55.5 Å². The molecular formula is C29H33N5O4S. The summed E-state index contributed by atoms with van der Waals surface area (Å²) in [6.45, 7) is 0.998. The number of sulfonamides is 1. The van der Waals surface area contributed by atoms with Crippen molar-refractivity contribution in [2.75, 3.05) is 18.0 Å². The highest BCUT2D eigenvalue weighted by Gasteiger charge is 2.36. The summed E-state index contributed by atoms with van der Waals surface area (Å²) in [6.07, 6.45) is 11.0. The molecule has 2 heterocycles. The average molecular weight is 548 g/mol. The van der Waals surface area contributed by atoms with Gasteiger partial charge in [0.1, 0.15) is 11.7 Å². The summed E-state index contributed by atoms with van der Waals surface area (Å²) >= 11 is 0. The Morgan fingerprint density at radius 2 is 1.59 bits per heavy atom. The van der Waals surface area contributed by atoms with Gasteiger partial charge in [0.25, 0.3) is 5.91 Å². The smallest absolute Gasteiger partial charge is 0.279 e. The minimum absolute atomic E-state index is 0.0407. The van der Waals surface area contributed by atoms with Gasteiger partial charge >= 0.3 is 0 Å². The molecule has 1 unspecified atom stereocenters. The third-order valence-corrected chi connectivity index (χ3v) is 9.31. The molecule has 2 aromatic carbocycles. The van der Waals surface area contributed by atoms with E-state index < -0.39 is 22.0 Å². The molecule has 1 saturated carbocycles. The van der Waals surface area contributed by atoms with E-state index in [-0.39, 0.29) is 22.5 Å². The van der Waals surface area contributed by atoms with Gasteiger partial charge in [-0.3, -0.25) is 19.5 Å². The summed E-state index contributed by atoms with van der Waals surface area (Å²) in [4.78, 5) is 37.7. The molecule has 5 rings (SSSR count). The van der Waals surface area contributed by atoms with Gasteiger partial charge in [0.2, 0.25) is 15.9 Å². The number of nitrogens with zero attached hydrogens (tertiary/aromatic N) is 4. The van der Waals surface area contributed by atoms with Crippen LogP contribution in [0.25, 0.3) is 0 Å². The average Bonchev–Trinajstić information content (AvgIpc) is 3.53. The zero-order valence-electron chi connectivity index (χ0n) is 21.8. The van der Waals surface area contributed by atoms with Crippen molar-refractivity contribution in [1.29, 1.82) is 0 Å². The van der Waals surface area contributed by atoms with Crippen LogP contribution in [0.4, 0.5) is 5.69 Å². The molecule has 2 fully saturated rings. The quantitative estimate of drug-likeness (QED) is 0.454. The molecule has 1 saturated heterocycles. The van der Waals surface area contributed by atoms with Gasteiger partial charge in [0, 0.05) is 37.2 Å². The number of benzene rings is 2. The fraction of sp³-hybridized carbons (Fsp3) is 0.379. The molecule has 1 aliphatic heterocycles. The lowest BCUT2D eigenvalue weighted by Crippen LogP contribution is -2.47. The first-order chi connectivity index (χ1) is 18.9. The molecule has 1 aromatic heterocycles. The Morgan fingerprint density at radius 1 is 0.897 bits per heavy atom. The van der Waals surface area contributed by atoms with Crippen molar-refractivity contribution in [2.45, 2.75) is 61.9 Å². The van der Waals surface area contributed by atoms with Gasteiger partial charge in [-0.25, -0.2) is 13.4 Å². The molecule has 0 radical (unpaired) electrons. The lowest BCUT2D eigenvalue weighted by atomic mass is 9.94. The van der Waals surface area contributed by atoms with E-state index in [1.807, 2.05) is 30.3 Å². The van der Waals surface area contributed by atoms with Crippen molar-refractivity contribution in [2.24, 2.45) is 0 Å². The fourth-order valence-corrected chi connectivity index (χ4v) is 6.87. The molecule has 2 amide bonds. The molecule has 0 spiro atoms. The molecule has 1 atom stereocenters. The molecule has 9 nitrogen and oxygen atoms in total. The van der Waals surface area contributed by atoms with Crippen LogP contribution in [0, 0.1) is 0 Å². The summed E-state index contributed by atoms with van der Waals surface area (Å²) in [5.74, 6) is -0.801. The van der Waals surface area contributed by atoms with E-state index in [0.29, 0.717) is 24.3 Å². The highest BCUT2D eigenvalue weighted by atomic mass is 32.2. The normalized spacial score (nSPS) is 17.4. The lowest BCUT2D eigenvalue weighted by molar-refractivity contribution is -0.123. The van der Waals surface area contributed by atoms with Gasteiger partial charge in [0.05, 0.1) is 11.1 Å². The molecule has 204 valence electrons. The first kappa shape index (κ1) is 27.0. The summed E-state index contributed by atoms with van der Waals surface area (Å²) in [6, 6.07) is 14.3. The predicted octanol–water partition coefficient (Wildman–Crippen LogP) is 4.10. The second kappa shape index (κ2) is 12.0. The largest absolute Gasteiger partial charge is 0.351 e. The molecule has 3 aromatic rings. The maximum absolute atomic E-state index is 14.0. The van der Waals surface area contributed by atoms with E-state index in [1.165, 1.54) is 39.9 Å². The van der Waals surface area contributed by atoms with Crippen LogP contribution < -0.4 is 10.2 Å². The van der Waals surface area contributed by atoms with Crippen LogP contribution in [0.3, 0.4) is 0 Å². The first-order valence-electron chi connectivity index (χ1n) is 13.5. The standard InChI is InChI=1S/C29H33N5O4S/c35-28(32-23-11-5-2-6-12-23)27(22-9-3-1-4-10-22)34(29(36)26-21-30-17-18-31-26)24-13-15-25(16-14-24)39(37,38)33-19-7-8-20-33/h1,3-4,9-10,13-18,21,23,27H,2,5-8,11-12,19-20H2,(H,32,35). The van der Waals surface area contributed by atoms with Gasteiger partial charge < -0.3 is 5.32 Å². The van der Waals surface area contributed by atoms with E-state index in [0.717, 1.165) is 44.9 Å². The van der Waals surface area contributed by atoms with E-state index >= 15 is 0 Å². The topological polar surface area (TPSA) is 113 Å². The minimum Gasteiger partial charge on any atom is -0.351 e. The Balaban J connectivity index is 1.55. The molecular weight excluding hydrogens is 514 g/mol. The van der Waals surface area contributed by atoms with Gasteiger partial charge in [0.15, 0.2) is 0 Å². The summed E-state index contributed by atoms with van der Waals surface area (Å²) in [5, 5.41) is 3.18. The van der Waals surface area contributed by atoms with Crippen LogP contribution in [0.1, 0.15) is 67.0 Å². The second-order valence-corrected chi connectivity index (χ2v) is 12.0. The molecule has 2 aliphatic rings. The molecule has 0 bridgehead atoms. The molecule has 1 N–H and O–H groups in total. The fourth-order valence-electron chi connectivity index (χ4n) is 5.35. The molecule has 39 heavy (non-hydrogen) atoms. The van der Waals surface area contributed by atoms with Crippen LogP contribution in [0.15, 0.2) is 78.1 Å². The molecule has 1 aliphatic carbocycles. The maximum atomic E-state index is 14.0. The highest BCUT2D eigenvalue weighted by molar-refractivity contribution is 7.89. The summed E-state index contributed by atoms with van der Waals surface area (Å²) in [7, 11) is -3.63. The van der Waals surface area contributed by atoms with Gasteiger partial charge in [-0.15, -0.1) is 0 Å². The number of hydrogen-bond acceptors (Lipinski definition) is 6. The Bertz CT molecular complexity index is 1370. The number of carbonyl (C=O) groups is 2. The van der Waals surface area contributed by atoms with E-state index in [1.54, 1.807) is 12.1 Å². The highest BCUT2D eigenvalue weighted by Crippen LogP contribution is 2.32. The van der Waals surface area contributed by atoms with Crippen LogP contribution in [0.2, 0.25) is 0 Å². The van der Waals surface area contributed by atoms with Crippen LogP contribution in [0.5, 0.6) is 0 Å². The number of hydrogen-bond donors (Lipinski definition) is 1. The van der Waals surface area contributed by atoms with Gasteiger partial charge in [-0.2, -0.15) is 4.31 Å². The number of amides is 2. The number of carbonyl (C=O) groups excluding carboxylic acids is 2. The summed E-state index contributed by atoms with van der Waals surface area (Å²) < 4.78 is 27.7. The van der Waals surface area contributed by atoms with Crippen molar-refractivity contribution in [3.63, 3.8) is 0 Å². The van der Waals surface area contributed by atoms with Crippen molar-refractivity contribution in [3.8, 4) is 0 Å². The third-order valence-electron chi connectivity index (χ3n) is 7.39. The number of anilines is 1. The van der Waals surface area contributed by atoms with E-state index in [2.05, 4.69) is 15.3 Å². The monoisotopic (exact) mass is 547 g/mol. The molecule has 10 heteroatoms. The Kier molecular flexibility index (Phi) is 8.33. The third kappa shape index (κ3) is 6.02. The number of rotatable bonds is 8. The number of aromatic nitrogens is 2. The predicted molar refractivity (Wildman–Crippen MR) is 147 cm³/mol. The van der Waals surface area contributed by atoms with Crippen molar-refractivity contribution >= 4 is 27.5 Å². The number of nitrogens with one attached hydrogen (secondary N) is 1. The van der Waals surface area contributed by atoms with Gasteiger partial charge in [-0.1, -0.05) is 49.6 Å². The van der Waals surface area contributed by atoms with Crippen LogP contribution >= 0.6 is 0 Å². The second-order valence-electron chi connectivity index (χ2n) is 10.0. The SMILES string of the molecule is O=C(NC1CCCCC1)C(c1ccccc1)N(C(=O)c1cnccn1)c1ccc(S(=O)(=O)N2CCCC2)cc1. The maximum Gasteiger partial charge on any atom is 0.279 e. The minimum atomic E-state index is -3.63. The van der Waals surface area contributed by atoms with Crippen LogP contribution in [-0.2, 0) is 14.8 Å². The lowest BCUT2D eigenvalue weighted by Gasteiger charge is -2.33. The van der Waals surface area contributed by atoms with Crippen molar-refractivity contribution < 1.29 is 18.0 Å². The Labute approximate surface area is 229 Å².